The minimum atomic E-state index is -1.67. The second-order valence-electron chi connectivity index (χ2n) is 6.21. The van der Waals surface area contributed by atoms with E-state index in [-0.39, 0.29) is 24.7 Å². The molecule has 9 heteroatoms. The van der Waals surface area contributed by atoms with Crippen LogP contribution in [0.2, 0.25) is 0 Å². The van der Waals surface area contributed by atoms with Crippen LogP contribution in [0.15, 0.2) is 19.0 Å². The molecule has 2 unspecified atom stereocenters. The first-order valence-electron chi connectivity index (χ1n) is 7.81. The Hall–Kier alpha value is -2.10. The summed E-state index contributed by atoms with van der Waals surface area (Å²) in [5, 5.41) is 24.1. The molecule has 1 saturated carbocycles. The standard InChI is InChI=1S/C15H18FN5O3/c1-2-14(7-22)15(23,5-6-24-14)21-8-17-10-11(18-9-3-4-9)19-13(16)20-12(10)21/h2,8-9,22-23H,1,3-7H2,(H,18,19,20). The summed E-state index contributed by atoms with van der Waals surface area (Å²) < 4.78 is 20.8. The molecule has 1 aliphatic heterocycles. The van der Waals surface area contributed by atoms with E-state index in [2.05, 4.69) is 26.8 Å². The van der Waals surface area contributed by atoms with Crippen LogP contribution < -0.4 is 5.32 Å². The van der Waals surface area contributed by atoms with Crippen LogP contribution in [-0.4, -0.2) is 54.6 Å². The predicted octanol–water partition coefficient (Wildman–Crippen LogP) is 0.522. The second-order valence-corrected chi connectivity index (χ2v) is 6.21. The highest BCUT2D eigenvalue weighted by molar-refractivity contribution is 5.83. The third-order valence-corrected chi connectivity index (χ3v) is 4.74. The van der Waals surface area contributed by atoms with Gasteiger partial charge in [-0.05, 0) is 12.8 Å². The van der Waals surface area contributed by atoms with Crippen molar-refractivity contribution in [3.05, 3.63) is 25.1 Å². The Bertz CT molecular complexity index is 808. The minimum absolute atomic E-state index is 0.137. The third-order valence-electron chi connectivity index (χ3n) is 4.74. The van der Waals surface area contributed by atoms with Crippen LogP contribution in [0.1, 0.15) is 19.3 Å². The van der Waals surface area contributed by atoms with Gasteiger partial charge in [0.25, 0.3) is 0 Å². The highest BCUT2D eigenvalue weighted by Crippen LogP contribution is 2.42. The van der Waals surface area contributed by atoms with Gasteiger partial charge in [-0.25, -0.2) is 4.98 Å². The number of anilines is 1. The summed E-state index contributed by atoms with van der Waals surface area (Å²) in [5.74, 6) is 0.300. The van der Waals surface area contributed by atoms with Crippen molar-refractivity contribution < 1.29 is 19.3 Å². The van der Waals surface area contributed by atoms with Gasteiger partial charge < -0.3 is 20.3 Å². The Morgan fingerprint density at radius 2 is 2.29 bits per heavy atom. The van der Waals surface area contributed by atoms with Gasteiger partial charge >= 0.3 is 6.08 Å². The van der Waals surface area contributed by atoms with Crippen molar-refractivity contribution in [2.24, 2.45) is 0 Å². The Morgan fingerprint density at radius 3 is 2.96 bits per heavy atom. The Balaban J connectivity index is 1.88. The van der Waals surface area contributed by atoms with E-state index in [0.29, 0.717) is 11.3 Å². The fourth-order valence-corrected chi connectivity index (χ4v) is 3.15. The maximum atomic E-state index is 13.9. The normalized spacial score (nSPS) is 30.0. The summed E-state index contributed by atoms with van der Waals surface area (Å²) in [4.78, 5) is 11.8. The van der Waals surface area contributed by atoms with Crippen molar-refractivity contribution in [3.8, 4) is 0 Å². The minimum Gasteiger partial charge on any atom is -0.393 e. The van der Waals surface area contributed by atoms with Crippen LogP contribution in [0.5, 0.6) is 0 Å². The lowest BCUT2D eigenvalue weighted by molar-refractivity contribution is -0.157. The first-order valence-corrected chi connectivity index (χ1v) is 7.81. The fourth-order valence-electron chi connectivity index (χ4n) is 3.15. The Kier molecular flexibility index (Phi) is 3.34. The van der Waals surface area contributed by atoms with Gasteiger partial charge in [-0.2, -0.15) is 14.4 Å². The van der Waals surface area contributed by atoms with Crippen LogP contribution in [0.3, 0.4) is 0 Å². The number of aromatic nitrogens is 4. The Labute approximate surface area is 137 Å². The van der Waals surface area contributed by atoms with Crippen molar-refractivity contribution in [3.63, 3.8) is 0 Å². The van der Waals surface area contributed by atoms with Gasteiger partial charge in [0.1, 0.15) is 0 Å². The molecule has 3 heterocycles. The summed E-state index contributed by atoms with van der Waals surface area (Å²) in [5.41, 5.74) is -2.58. The van der Waals surface area contributed by atoms with Crippen LogP contribution in [0.25, 0.3) is 11.2 Å². The molecule has 2 aromatic rings. The summed E-state index contributed by atoms with van der Waals surface area (Å²) >= 11 is 0. The molecule has 1 saturated heterocycles. The van der Waals surface area contributed by atoms with Gasteiger partial charge in [-0.3, -0.25) is 4.57 Å². The molecular formula is C15H18FN5O3. The Morgan fingerprint density at radius 1 is 1.50 bits per heavy atom. The van der Waals surface area contributed by atoms with E-state index in [9.17, 15) is 14.6 Å². The van der Waals surface area contributed by atoms with Gasteiger partial charge in [-0.15, -0.1) is 0 Å². The number of nitrogens with zero attached hydrogens (tertiary/aromatic N) is 4. The lowest BCUT2D eigenvalue weighted by Gasteiger charge is -2.38. The number of fused-ring (bicyclic) bond motifs is 1. The topological polar surface area (TPSA) is 105 Å². The van der Waals surface area contributed by atoms with Crippen molar-refractivity contribution in [2.75, 3.05) is 18.5 Å². The zero-order chi connectivity index (χ0) is 16.9. The van der Waals surface area contributed by atoms with E-state index in [1.165, 1.54) is 17.0 Å². The van der Waals surface area contributed by atoms with Crippen molar-refractivity contribution >= 4 is 17.0 Å². The number of hydrogen-bond acceptors (Lipinski definition) is 7. The number of aliphatic hydroxyl groups excluding tert-OH is 1. The highest BCUT2D eigenvalue weighted by atomic mass is 19.1. The van der Waals surface area contributed by atoms with Gasteiger partial charge in [0.15, 0.2) is 28.3 Å². The number of ether oxygens (including phenoxy) is 1. The first-order chi connectivity index (χ1) is 11.5. The SMILES string of the molecule is C=CC1(CO)OCCC1(O)n1cnc2c(NC3CC3)nc(F)nc21. The third kappa shape index (κ3) is 2.05. The van der Waals surface area contributed by atoms with E-state index in [1.807, 2.05) is 0 Å². The number of imidazole rings is 1. The molecular weight excluding hydrogens is 317 g/mol. The average Bonchev–Trinajstić information content (AvgIpc) is 3.16. The number of nitrogens with one attached hydrogen (secondary N) is 1. The summed E-state index contributed by atoms with van der Waals surface area (Å²) in [6, 6.07) is 0.259. The van der Waals surface area contributed by atoms with Gasteiger partial charge in [-0.1, -0.05) is 12.7 Å². The fraction of sp³-hybridized carbons (Fsp3) is 0.533. The molecule has 0 aromatic carbocycles. The summed E-state index contributed by atoms with van der Waals surface area (Å²) in [6.07, 6.45) is 3.97. The van der Waals surface area contributed by atoms with Gasteiger partial charge in [0, 0.05) is 12.5 Å². The van der Waals surface area contributed by atoms with E-state index in [4.69, 9.17) is 4.74 Å². The van der Waals surface area contributed by atoms with Crippen molar-refractivity contribution in [2.45, 2.75) is 36.6 Å². The second kappa shape index (κ2) is 5.20. The van der Waals surface area contributed by atoms with E-state index >= 15 is 0 Å². The zero-order valence-electron chi connectivity index (χ0n) is 12.9. The first kappa shape index (κ1) is 15.4. The van der Waals surface area contributed by atoms with Crippen molar-refractivity contribution in [1.29, 1.82) is 0 Å². The molecule has 8 nitrogen and oxygen atoms in total. The lowest BCUT2D eigenvalue weighted by atomic mass is 9.90. The van der Waals surface area contributed by atoms with Crippen LogP contribution in [-0.2, 0) is 10.5 Å². The van der Waals surface area contributed by atoms with E-state index < -0.39 is 24.0 Å². The molecule has 24 heavy (non-hydrogen) atoms. The van der Waals surface area contributed by atoms with E-state index in [0.717, 1.165) is 12.8 Å². The number of halogens is 1. The molecule has 128 valence electrons. The molecule has 2 atom stereocenters. The maximum absolute atomic E-state index is 13.9. The largest absolute Gasteiger partial charge is 0.393 e. The molecule has 0 radical (unpaired) electrons. The van der Waals surface area contributed by atoms with Crippen LogP contribution >= 0.6 is 0 Å². The number of hydrogen-bond donors (Lipinski definition) is 3. The summed E-state index contributed by atoms with van der Waals surface area (Å²) in [7, 11) is 0. The smallest absolute Gasteiger partial charge is 0.312 e. The average molecular weight is 335 g/mol. The molecule has 0 spiro atoms. The lowest BCUT2D eigenvalue weighted by Crippen LogP contribution is -2.53. The molecule has 2 fully saturated rings. The quantitative estimate of drug-likeness (QED) is 0.540. The zero-order valence-corrected chi connectivity index (χ0v) is 12.9. The maximum Gasteiger partial charge on any atom is 0.312 e. The van der Waals surface area contributed by atoms with Crippen LogP contribution in [0, 0.1) is 6.08 Å². The molecule has 1 aliphatic carbocycles. The highest BCUT2D eigenvalue weighted by Gasteiger charge is 2.56. The van der Waals surface area contributed by atoms with Crippen LogP contribution in [0.4, 0.5) is 10.2 Å². The monoisotopic (exact) mass is 335 g/mol. The predicted molar refractivity (Wildman–Crippen MR) is 82.7 cm³/mol. The van der Waals surface area contributed by atoms with Gasteiger partial charge in [0.2, 0.25) is 0 Å². The molecule has 0 bridgehead atoms. The molecule has 2 aromatic heterocycles. The summed E-state index contributed by atoms with van der Waals surface area (Å²) in [6.45, 7) is 3.39. The van der Waals surface area contributed by atoms with Gasteiger partial charge in [0.05, 0.1) is 19.5 Å². The van der Waals surface area contributed by atoms with Crippen molar-refractivity contribution in [1.82, 2.24) is 19.5 Å². The molecule has 3 N–H and O–H groups in total. The molecule has 4 rings (SSSR count). The number of rotatable bonds is 5. The molecule has 0 amide bonds. The van der Waals surface area contributed by atoms with E-state index in [1.54, 1.807) is 0 Å². The molecule has 2 aliphatic rings. The number of aliphatic hydroxyl groups is 2.